The molecule has 0 unspecified atom stereocenters. The number of carbonyl (C=O) groups excluding carboxylic acids is 2. The molecule has 3 atom stereocenters. The Balaban J connectivity index is -0.000000382. The van der Waals surface area contributed by atoms with Crippen LogP contribution in [0, 0.1) is 5.92 Å². The van der Waals surface area contributed by atoms with E-state index < -0.39 is 22.8 Å². The number of methoxy groups -OCH3 is 2. The topological polar surface area (TPSA) is 142 Å². The van der Waals surface area contributed by atoms with Gasteiger partial charge in [0.25, 0.3) is 0 Å². The van der Waals surface area contributed by atoms with Gasteiger partial charge in [-0.05, 0) is 54.1 Å². The number of esters is 2. The van der Waals surface area contributed by atoms with Gasteiger partial charge in [-0.15, -0.1) is 0 Å². The number of hydrogen-bond acceptors (Lipinski definition) is 10. The molecule has 0 saturated heterocycles. The third kappa shape index (κ3) is 14.2. The molecule has 0 aromatic heterocycles. The van der Waals surface area contributed by atoms with E-state index in [9.17, 15) is 14.4 Å². The fourth-order valence-corrected chi connectivity index (χ4v) is 2.39. The average Bonchev–Trinajstić information content (AvgIpc) is 2.70. The van der Waals surface area contributed by atoms with Crippen LogP contribution in [0.1, 0.15) is 48.5 Å². The van der Waals surface area contributed by atoms with Crippen LogP contribution in [0.3, 0.4) is 0 Å². The van der Waals surface area contributed by atoms with Crippen LogP contribution in [-0.2, 0) is 23.9 Å². The van der Waals surface area contributed by atoms with Gasteiger partial charge in [0, 0.05) is 14.2 Å². The van der Waals surface area contributed by atoms with Gasteiger partial charge in [0.05, 0.1) is 20.1 Å². The number of carbonyl (C=O) groups is 3. The lowest BCUT2D eigenvalue weighted by atomic mass is 9.97. The van der Waals surface area contributed by atoms with E-state index in [0.717, 1.165) is 0 Å². The van der Waals surface area contributed by atoms with Crippen LogP contribution < -0.4 is 11.5 Å². The van der Waals surface area contributed by atoms with E-state index in [-0.39, 0.29) is 27.4 Å². The van der Waals surface area contributed by atoms with Crippen molar-refractivity contribution in [1.82, 2.24) is 0 Å². The Morgan fingerprint density at radius 3 is 1.39 bits per heavy atom. The fourth-order valence-electron chi connectivity index (χ4n) is 1.48. The van der Waals surface area contributed by atoms with E-state index in [1.807, 2.05) is 47.1 Å². The van der Waals surface area contributed by atoms with Crippen LogP contribution in [0.5, 0.6) is 0 Å². The Morgan fingerprint density at radius 1 is 0.839 bits per heavy atom. The molecule has 0 bridgehead atoms. The zero-order valence-corrected chi connectivity index (χ0v) is 23.2. The molecule has 0 fully saturated rings. The fraction of sp³-hybridized carbons (Fsp3) is 0.850. The molecule has 186 valence electrons. The van der Waals surface area contributed by atoms with Crippen molar-refractivity contribution in [2.45, 2.75) is 74.8 Å². The molecule has 0 spiro atoms. The van der Waals surface area contributed by atoms with Gasteiger partial charge in [0.2, 0.25) is 0 Å². The summed E-state index contributed by atoms with van der Waals surface area (Å²) in [5, 5.41) is 8.34. The lowest BCUT2D eigenvalue weighted by Gasteiger charge is -2.27. The van der Waals surface area contributed by atoms with Crippen LogP contribution in [-0.4, -0.2) is 76.1 Å². The predicted octanol–water partition coefficient (Wildman–Crippen LogP) is 2.67. The van der Waals surface area contributed by atoms with Gasteiger partial charge in [0.15, 0.2) is 0 Å². The van der Waals surface area contributed by atoms with Crippen LogP contribution in [0.4, 0.5) is 0 Å². The third-order valence-electron chi connectivity index (χ3n) is 4.88. The van der Waals surface area contributed by atoms with Crippen molar-refractivity contribution in [2.24, 2.45) is 17.4 Å². The summed E-state index contributed by atoms with van der Waals surface area (Å²) in [5.74, 6) is -1.56. The Bertz CT molecular complexity index is 532. The molecular weight excluding hydrogens is 460 g/mol. The number of thiol groups is 1. The highest BCUT2D eigenvalue weighted by molar-refractivity contribution is 8.00. The predicted molar refractivity (Wildman–Crippen MR) is 135 cm³/mol. The molecule has 8 nitrogen and oxygen atoms in total. The third-order valence-corrected chi connectivity index (χ3v) is 7.87. The first-order valence-electron chi connectivity index (χ1n) is 9.49. The monoisotopic (exact) mass is 502 g/mol. The molecule has 0 radical (unpaired) electrons. The Morgan fingerprint density at radius 2 is 1.19 bits per heavy atom. The van der Waals surface area contributed by atoms with Crippen molar-refractivity contribution < 1.29 is 29.0 Å². The minimum absolute atomic E-state index is 0.0346. The van der Waals surface area contributed by atoms with Crippen molar-refractivity contribution in [2.75, 3.05) is 26.7 Å². The number of thioether (sulfide) groups is 2. The summed E-state index contributed by atoms with van der Waals surface area (Å²) >= 11 is 7.21. The normalized spacial score (nSPS) is 14.5. The Kier molecular flexibility index (Phi) is 17.2. The van der Waals surface area contributed by atoms with E-state index in [4.69, 9.17) is 16.6 Å². The zero-order chi connectivity index (χ0) is 25.8. The molecule has 0 aromatic carbocycles. The van der Waals surface area contributed by atoms with Crippen molar-refractivity contribution in [1.29, 1.82) is 0 Å². The first kappa shape index (κ1) is 35.0. The second kappa shape index (κ2) is 15.3. The maximum Gasteiger partial charge on any atom is 0.324 e. The summed E-state index contributed by atoms with van der Waals surface area (Å²) in [5.41, 5.74) is 10.8. The zero-order valence-electron chi connectivity index (χ0n) is 20.6. The van der Waals surface area contributed by atoms with Gasteiger partial charge < -0.3 is 26.0 Å². The summed E-state index contributed by atoms with van der Waals surface area (Å²) < 4.78 is 8.23. The molecule has 0 saturated carbocycles. The minimum atomic E-state index is -1.02. The van der Waals surface area contributed by atoms with E-state index >= 15 is 0 Å². The highest BCUT2D eigenvalue weighted by Gasteiger charge is 2.32. The number of hydrogen-bond donors (Lipinski definition) is 4. The molecule has 0 aliphatic carbocycles. The molecule has 0 aliphatic heterocycles. The van der Waals surface area contributed by atoms with Gasteiger partial charge in [-0.2, -0.15) is 36.2 Å². The van der Waals surface area contributed by atoms with Gasteiger partial charge in [0.1, 0.15) is 12.1 Å². The van der Waals surface area contributed by atoms with Gasteiger partial charge in [-0.3, -0.25) is 14.4 Å². The molecule has 11 heteroatoms. The Labute approximate surface area is 201 Å². The molecule has 0 amide bonds. The highest BCUT2D eigenvalue weighted by atomic mass is 32.2. The molecule has 31 heavy (non-hydrogen) atoms. The molecule has 0 aromatic rings. The molecule has 0 rings (SSSR count). The van der Waals surface area contributed by atoms with Gasteiger partial charge in [-0.1, -0.05) is 6.92 Å². The van der Waals surface area contributed by atoms with E-state index in [1.165, 1.54) is 14.2 Å². The average molecular weight is 503 g/mol. The maximum absolute atomic E-state index is 11.1. The summed E-state index contributed by atoms with van der Waals surface area (Å²) in [4.78, 5) is 32.2. The molecule has 0 aliphatic rings. The molecule has 5 N–H and O–H groups in total. The summed E-state index contributed by atoms with van der Waals surface area (Å²) in [6.07, 6.45) is 3.92. The lowest BCUT2D eigenvalue weighted by Crippen LogP contribution is -2.47. The largest absolute Gasteiger partial charge is 0.480 e. The molecular formula is C20H42N2O6S3. The minimum Gasteiger partial charge on any atom is -0.480 e. The number of carboxylic acids is 1. The summed E-state index contributed by atoms with van der Waals surface area (Å²) in [6.45, 7) is 13.1. The number of aliphatic carboxylic acids is 1. The van der Waals surface area contributed by atoms with Gasteiger partial charge >= 0.3 is 17.9 Å². The maximum atomic E-state index is 11.1. The second-order valence-corrected chi connectivity index (χ2v) is 12.4. The first-order valence-corrected chi connectivity index (χ1v) is 12.4. The lowest BCUT2D eigenvalue weighted by molar-refractivity contribution is -0.145. The SMILES string of the molecule is CC(C)(S)[C@H](N)C(=O)O.COC(=O)[C@@H](C)C(C)(C)SC.COC(=O)[C@@H](N)C(C)(C)SC. The summed E-state index contributed by atoms with van der Waals surface area (Å²) in [6, 6.07) is -1.46. The molecule has 0 heterocycles. The van der Waals surface area contributed by atoms with Crippen LogP contribution in [0.25, 0.3) is 0 Å². The van der Waals surface area contributed by atoms with Crippen LogP contribution >= 0.6 is 36.2 Å². The van der Waals surface area contributed by atoms with Crippen molar-refractivity contribution in [3.8, 4) is 0 Å². The quantitative estimate of drug-likeness (QED) is 0.289. The van der Waals surface area contributed by atoms with Crippen molar-refractivity contribution >= 4 is 54.1 Å². The van der Waals surface area contributed by atoms with Gasteiger partial charge in [-0.25, -0.2) is 0 Å². The first-order chi connectivity index (χ1) is 13.8. The Hall–Kier alpha value is -0.620. The summed E-state index contributed by atoms with van der Waals surface area (Å²) in [7, 11) is 2.77. The van der Waals surface area contributed by atoms with Crippen molar-refractivity contribution in [3.63, 3.8) is 0 Å². The number of ether oxygens (including phenoxy) is 2. The number of carboxylic acid groups (broad SMARTS) is 1. The van der Waals surface area contributed by atoms with E-state index in [0.29, 0.717) is 0 Å². The van der Waals surface area contributed by atoms with E-state index in [2.05, 4.69) is 22.1 Å². The number of rotatable bonds is 8. The standard InChI is InChI=1S/C8H16O2S.C7H15NO2S.C5H11NO2S/c1-6(7(9)10-4)8(2,3)11-5;1-7(2,11-4)5(8)6(9)10-3;1-5(2,9)3(6)4(7)8/h6H,1-5H3;5H,8H2,1-4H3;3,9H,6H2,1-2H3,(H,7,8)/t6-;5-;3-/m111/s1. The van der Waals surface area contributed by atoms with Crippen LogP contribution in [0.15, 0.2) is 0 Å². The van der Waals surface area contributed by atoms with Crippen molar-refractivity contribution in [3.05, 3.63) is 0 Å². The smallest absolute Gasteiger partial charge is 0.324 e. The highest BCUT2D eigenvalue weighted by Crippen LogP contribution is 2.30. The van der Waals surface area contributed by atoms with E-state index in [1.54, 1.807) is 37.4 Å². The number of nitrogens with two attached hydrogens (primary N) is 2. The van der Waals surface area contributed by atoms with Crippen LogP contribution in [0.2, 0.25) is 0 Å². The second-order valence-electron chi connectivity index (χ2n) is 8.33.